The molecule has 1 aromatic carbocycles. The Morgan fingerprint density at radius 3 is 2.56 bits per heavy atom. The summed E-state index contributed by atoms with van der Waals surface area (Å²) in [7, 11) is 0. The first-order valence-corrected chi connectivity index (χ1v) is 7.31. The van der Waals surface area contributed by atoms with Gasteiger partial charge >= 0.3 is 5.69 Å². The number of aromatic nitrogens is 2. The van der Waals surface area contributed by atoms with Crippen LogP contribution in [0.3, 0.4) is 0 Å². The molecule has 5 heteroatoms. The van der Waals surface area contributed by atoms with Crippen LogP contribution < -0.4 is 5.69 Å². The number of nitrogens with one attached hydrogen (secondary N) is 2. The first-order valence-electron chi connectivity index (χ1n) is 6.08. The van der Waals surface area contributed by atoms with Crippen LogP contribution in [-0.2, 0) is 0 Å². The molecule has 0 aliphatic carbocycles. The quantitative estimate of drug-likeness (QED) is 0.805. The zero-order valence-electron chi connectivity index (χ0n) is 10.4. The van der Waals surface area contributed by atoms with Gasteiger partial charge in [0.05, 0.1) is 16.4 Å². The molecule has 0 aliphatic rings. The van der Waals surface area contributed by atoms with Crippen molar-refractivity contribution in [1.82, 2.24) is 9.97 Å². The molecular formula is C13H16BrClN2O. The van der Waals surface area contributed by atoms with Crippen molar-refractivity contribution in [3.8, 4) is 0 Å². The highest BCUT2D eigenvalue weighted by Gasteiger charge is 2.19. The molecule has 0 amide bonds. The number of alkyl halides is 1. The van der Waals surface area contributed by atoms with E-state index in [1.807, 2.05) is 12.1 Å². The topological polar surface area (TPSA) is 48.6 Å². The van der Waals surface area contributed by atoms with Gasteiger partial charge in [-0.05, 0) is 30.0 Å². The fourth-order valence-corrected chi connectivity index (χ4v) is 3.22. The van der Waals surface area contributed by atoms with E-state index in [1.54, 1.807) is 0 Å². The van der Waals surface area contributed by atoms with E-state index in [1.165, 1.54) is 0 Å². The van der Waals surface area contributed by atoms with Crippen molar-refractivity contribution in [3.05, 3.63) is 32.7 Å². The summed E-state index contributed by atoms with van der Waals surface area (Å²) >= 11 is 10.0. The van der Waals surface area contributed by atoms with Crippen molar-refractivity contribution in [2.24, 2.45) is 5.92 Å². The summed E-state index contributed by atoms with van der Waals surface area (Å²) in [6.07, 6.45) is 2.20. The molecule has 98 valence electrons. The lowest BCUT2D eigenvalue weighted by Crippen LogP contribution is -2.04. The second-order valence-electron chi connectivity index (χ2n) is 4.67. The summed E-state index contributed by atoms with van der Waals surface area (Å²) in [6, 6.07) is 3.84. The lowest BCUT2D eigenvalue weighted by molar-refractivity contribution is 0.507. The van der Waals surface area contributed by atoms with Gasteiger partial charge in [-0.15, -0.1) is 11.6 Å². The molecule has 1 aromatic heterocycles. The van der Waals surface area contributed by atoms with Gasteiger partial charge in [-0.25, -0.2) is 4.79 Å². The summed E-state index contributed by atoms with van der Waals surface area (Å²) in [5.74, 6) is 0.399. The monoisotopic (exact) mass is 330 g/mol. The van der Waals surface area contributed by atoms with Gasteiger partial charge in [0.15, 0.2) is 0 Å². The average molecular weight is 332 g/mol. The molecule has 1 heterocycles. The summed E-state index contributed by atoms with van der Waals surface area (Å²) in [4.78, 5) is 16.8. The fourth-order valence-electron chi connectivity index (χ4n) is 2.19. The third-order valence-corrected chi connectivity index (χ3v) is 4.53. The Kier molecular flexibility index (Phi) is 4.17. The van der Waals surface area contributed by atoms with Crippen LogP contribution in [0, 0.1) is 5.92 Å². The number of H-pyrrole nitrogens is 2. The molecule has 2 aromatic rings. The van der Waals surface area contributed by atoms with Crippen molar-refractivity contribution >= 4 is 38.6 Å². The molecule has 2 N–H and O–H groups in total. The number of fused-ring (bicyclic) bond motifs is 1. The molecule has 0 spiro atoms. The van der Waals surface area contributed by atoms with Gasteiger partial charge in [0.25, 0.3) is 0 Å². The third kappa shape index (κ3) is 2.64. The van der Waals surface area contributed by atoms with Crippen LogP contribution in [0.4, 0.5) is 0 Å². The largest absolute Gasteiger partial charge is 0.323 e. The number of aromatic amines is 2. The number of imidazole rings is 1. The van der Waals surface area contributed by atoms with Crippen LogP contribution in [0.15, 0.2) is 21.4 Å². The zero-order chi connectivity index (χ0) is 13.3. The van der Waals surface area contributed by atoms with Gasteiger partial charge in [0.1, 0.15) is 0 Å². The molecule has 2 unspecified atom stereocenters. The molecule has 0 bridgehead atoms. The number of rotatable bonds is 4. The number of hydrogen-bond acceptors (Lipinski definition) is 1. The Bertz CT molecular complexity index is 605. The molecule has 3 nitrogen and oxygen atoms in total. The number of hydrogen-bond donors (Lipinski definition) is 2. The van der Waals surface area contributed by atoms with Gasteiger partial charge in [-0.1, -0.05) is 36.2 Å². The number of benzene rings is 1. The highest BCUT2D eigenvalue weighted by Crippen LogP contribution is 2.37. The second kappa shape index (κ2) is 5.49. The lowest BCUT2D eigenvalue weighted by atomic mass is 9.96. The third-order valence-electron chi connectivity index (χ3n) is 3.17. The van der Waals surface area contributed by atoms with E-state index in [9.17, 15) is 4.79 Å². The van der Waals surface area contributed by atoms with Gasteiger partial charge in [-0.3, -0.25) is 0 Å². The van der Waals surface area contributed by atoms with Crippen molar-refractivity contribution in [1.29, 1.82) is 0 Å². The van der Waals surface area contributed by atoms with E-state index in [0.29, 0.717) is 5.92 Å². The summed E-state index contributed by atoms with van der Waals surface area (Å²) in [5, 5.41) is -0.0536. The molecule has 18 heavy (non-hydrogen) atoms. The van der Waals surface area contributed by atoms with Crippen LogP contribution in [0.2, 0.25) is 0 Å². The summed E-state index contributed by atoms with van der Waals surface area (Å²) in [5.41, 5.74) is 2.43. The highest BCUT2D eigenvalue weighted by atomic mass is 79.9. The zero-order valence-corrected chi connectivity index (χ0v) is 12.7. The normalized spacial score (nSPS) is 14.9. The molecule has 0 radical (unpaired) electrons. The average Bonchev–Trinajstić information content (AvgIpc) is 2.66. The Balaban J connectivity index is 2.43. The minimum Gasteiger partial charge on any atom is -0.306 e. The maximum absolute atomic E-state index is 11.3. The van der Waals surface area contributed by atoms with E-state index >= 15 is 0 Å². The maximum Gasteiger partial charge on any atom is 0.323 e. The summed E-state index contributed by atoms with van der Waals surface area (Å²) < 4.78 is 0.938. The van der Waals surface area contributed by atoms with Crippen molar-refractivity contribution in [2.75, 3.05) is 0 Å². The van der Waals surface area contributed by atoms with Crippen molar-refractivity contribution in [2.45, 2.75) is 32.1 Å². The van der Waals surface area contributed by atoms with Gasteiger partial charge in [0, 0.05) is 4.47 Å². The Labute approximate surface area is 119 Å². The Hall–Kier alpha value is -0.740. The minimum atomic E-state index is -0.193. The Morgan fingerprint density at radius 1 is 1.33 bits per heavy atom. The standard InChI is InChI=1S/C13H16BrClN2O/c1-3-4-7(2)12(15)8-5-10-11(6-9(8)14)17-13(18)16-10/h5-7,12H,3-4H2,1-2H3,(H2,16,17,18). The van der Waals surface area contributed by atoms with Crippen LogP contribution in [0.25, 0.3) is 11.0 Å². The molecule has 2 atom stereocenters. The fraction of sp³-hybridized carbons (Fsp3) is 0.462. The Morgan fingerprint density at radius 2 is 1.94 bits per heavy atom. The predicted molar refractivity (Wildman–Crippen MR) is 79.3 cm³/mol. The molecule has 0 saturated carbocycles. The van der Waals surface area contributed by atoms with E-state index in [0.717, 1.165) is 33.9 Å². The number of halogens is 2. The van der Waals surface area contributed by atoms with Crippen LogP contribution in [-0.4, -0.2) is 9.97 Å². The van der Waals surface area contributed by atoms with Crippen LogP contribution >= 0.6 is 27.5 Å². The lowest BCUT2D eigenvalue weighted by Gasteiger charge is -2.19. The van der Waals surface area contributed by atoms with E-state index in [2.05, 4.69) is 39.7 Å². The first kappa shape index (κ1) is 13.7. The van der Waals surface area contributed by atoms with Gasteiger partial charge in [-0.2, -0.15) is 0 Å². The van der Waals surface area contributed by atoms with E-state index in [-0.39, 0.29) is 11.1 Å². The van der Waals surface area contributed by atoms with Crippen LogP contribution in [0.1, 0.15) is 37.6 Å². The van der Waals surface area contributed by atoms with Crippen molar-refractivity contribution in [3.63, 3.8) is 0 Å². The molecule has 2 rings (SSSR count). The predicted octanol–water partition coefficient (Wildman–Crippen LogP) is 4.33. The molecule has 0 saturated heterocycles. The minimum absolute atomic E-state index is 0.0536. The second-order valence-corrected chi connectivity index (χ2v) is 5.99. The van der Waals surface area contributed by atoms with Gasteiger partial charge in [0.2, 0.25) is 0 Å². The first-order chi connectivity index (χ1) is 8.52. The van der Waals surface area contributed by atoms with Crippen LogP contribution in [0.5, 0.6) is 0 Å². The van der Waals surface area contributed by atoms with E-state index < -0.39 is 0 Å². The molecule has 0 aliphatic heterocycles. The van der Waals surface area contributed by atoms with Gasteiger partial charge < -0.3 is 9.97 Å². The SMILES string of the molecule is CCCC(C)C(Cl)c1cc2[nH]c(=O)[nH]c2cc1Br. The highest BCUT2D eigenvalue weighted by molar-refractivity contribution is 9.10. The molecule has 0 fully saturated rings. The smallest absolute Gasteiger partial charge is 0.306 e. The van der Waals surface area contributed by atoms with Crippen molar-refractivity contribution < 1.29 is 0 Å². The summed E-state index contributed by atoms with van der Waals surface area (Å²) in [6.45, 7) is 4.31. The molecular weight excluding hydrogens is 316 g/mol. The van der Waals surface area contributed by atoms with E-state index in [4.69, 9.17) is 11.6 Å². The maximum atomic E-state index is 11.3.